The van der Waals surface area contributed by atoms with Gasteiger partial charge in [0.25, 0.3) is 0 Å². The van der Waals surface area contributed by atoms with Crippen molar-refractivity contribution in [2.45, 2.75) is 31.8 Å². The van der Waals surface area contributed by atoms with Crippen molar-refractivity contribution in [1.29, 1.82) is 0 Å². The number of rotatable bonds is 3. The van der Waals surface area contributed by atoms with E-state index in [2.05, 4.69) is 18.2 Å². The largest absolute Gasteiger partial charge is 0.496 e. The average Bonchev–Trinajstić information content (AvgIpc) is 2.54. The van der Waals surface area contributed by atoms with Crippen LogP contribution in [-0.4, -0.2) is 12.2 Å². The number of benzene rings is 2. The molecule has 1 N–H and O–H groups in total. The molecular formula is C18H20O2. The third kappa shape index (κ3) is 2.32. The molecule has 0 aromatic heterocycles. The zero-order chi connectivity index (χ0) is 13.9. The van der Waals surface area contributed by atoms with Crippen LogP contribution in [-0.2, 0) is 0 Å². The number of aliphatic hydroxyl groups is 1. The third-order valence-electron chi connectivity index (χ3n) is 4.10. The van der Waals surface area contributed by atoms with Gasteiger partial charge in [-0.15, -0.1) is 0 Å². The monoisotopic (exact) mass is 268 g/mol. The molecule has 0 saturated heterocycles. The van der Waals surface area contributed by atoms with Crippen LogP contribution in [0, 0.1) is 0 Å². The number of hydrogen-bond donors (Lipinski definition) is 1. The van der Waals surface area contributed by atoms with Crippen LogP contribution in [0.4, 0.5) is 0 Å². The van der Waals surface area contributed by atoms with E-state index in [1.807, 2.05) is 24.3 Å². The molecule has 20 heavy (non-hydrogen) atoms. The Morgan fingerprint density at radius 3 is 2.70 bits per heavy atom. The van der Waals surface area contributed by atoms with E-state index in [1.54, 1.807) is 7.11 Å². The fourth-order valence-electron chi connectivity index (χ4n) is 3.03. The summed E-state index contributed by atoms with van der Waals surface area (Å²) in [5.74, 6) is 0.766. The minimum atomic E-state index is -0.559. The van der Waals surface area contributed by atoms with Crippen molar-refractivity contribution in [2.75, 3.05) is 7.11 Å². The molecule has 2 aromatic carbocycles. The first kappa shape index (κ1) is 13.2. The first-order chi connectivity index (χ1) is 9.81. The summed E-state index contributed by atoms with van der Waals surface area (Å²) in [6.45, 7) is 0. The summed E-state index contributed by atoms with van der Waals surface area (Å²) in [4.78, 5) is 0. The highest BCUT2D eigenvalue weighted by atomic mass is 16.5. The van der Waals surface area contributed by atoms with Gasteiger partial charge < -0.3 is 9.84 Å². The van der Waals surface area contributed by atoms with Gasteiger partial charge in [0.15, 0.2) is 0 Å². The molecule has 0 heterocycles. The van der Waals surface area contributed by atoms with Crippen molar-refractivity contribution < 1.29 is 9.84 Å². The van der Waals surface area contributed by atoms with Gasteiger partial charge in [0.05, 0.1) is 7.11 Å². The highest BCUT2D eigenvalue weighted by Gasteiger charge is 2.21. The molecule has 2 aromatic rings. The molecule has 0 radical (unpaired) electrons. The van der Waals surface area contributed by atoms with E-state index in [0.717, 1.165) is 46.9 Å². The molecule has 0 aliphatic heterocycles. The summed E-state index contributed by atoms with van der Waals surface area (Å²) >= 11 is 0. The highest BCUT2D eigenvalue weighted by Crippen LogP contribution is 2.38. The number of ether oxygens (including phenoxy) is 1. The van der Waals surface area contributed by atoms with E-state index >= 15 is 0 Å². The van der Waals surface area contributed by atoms with Crippen LogP contribution >= 0.6 is 0 Å². The molecule has 0 fully saturated rings. The zero-order valence-corrected chi connectivity index (χ0v) is 11.8. The van der Waals surface area contributed by atoms with Crippen LogP contribution in [0.5, 0.6) is 5.75 Å². The normalized spacial score (nSPS) is 16.8. The van der Waals surface area contributed by atoms with Crippen molar-refractivity contribution in [3.8, 4) is 5.75 Å². The lowest BCUT2D eigenvalue weighted by Gasteiger charge is -2.22. The maximum Gasteiger partial charge on any atom is 0.125 e. The lowest BCUT2D eigenvalue weighted by molar-refractivity contribution is 0.205. The van der Waals surface area contributed by atoms with Crippen LogP contribution in [0.3, 0.4) is 0 Å². The summed E-state index contributed by atoms with van der Waals surface area (Å²) in [6, 6.07) is 12.1. The van der Waals surface area contributed by atoms with Gasteiger partial charge in [-0.2, -0.15) is 0 Å². The molecular weight excluding hydrogens is 248 g/mol. The fourth-order valence-corrected chi connectivity index (χ4v) is 3.03. The van der Waals surface area contributed by atoms with Crippen molar-refractivity contribution in [3.05, 3.63) is 53.6 Å². The SMILES string of the molecule is COc1ccc2ccccc2c1C(O)C1=CCCCC1. The maximum atomic E-state index is 10.8. The molecule has 0 amide bonds. The smallest absolute Gasteiger partial charge is 0.125 e. The number of fused-ring (bicyclic) bond motifs is 1. The summed E-state index contributed by atoms with van der Waals surface area (Å²) < 4.78 is 5.48. The van der Waals surface area contributed by atoms with E-state index in [4.69, 9.17) is 4.74 Å². The van der Waals surface area contributed by atoms with E-state index in [0.29, 0.717) is 0 Å². The summed E-state index contributed by atoms with van der Waals surface area (Å²) in [5, 5.41) is 13.0. The Labute approximate surface area is 119 Å². The van der Waals surface area contributed by atoms with Gasteiger partial charge >= 0.3 is 0 Å². The molecule has 3 rings (SSSR count). The van der Waals surface area contributed by atoms with Gasteiger partial charge in [0.2, 0.25) is 0 Å². The Morgan fingerprint density at radius 2 is 1.95 bits per heavy atom. The van der Waals surface area contributed by atoms with Crippen LogP contribution in [0.25, 0.3) is 10.8 Å². The van der Waals surface area contributed by atoms with Gasteiger partial charge in [0.1, 0.15) is 11.9 Å². The number of hydrogen-bond acceptors (Lipinski definition) is 2. The van der Waals surface area contributed by atoms with Crippen LogP contribution in [0.2, 0.25) is 0 Å². The molecule has 104 valence electrons. The zero-order valence-electron chi connectivity index (χ0n) is 11.8. The molecule has 1 atom stereocenters. The lowest BCUT2D eigenvalue weighted by Crippen LogP contribution is -2.07. The van der Waals surface area contributed by atoms with E-state index in [-0.39, 0.29) is 0 Å². The quantitative estimate of drug-likeness (QED) is 0.837. The Morgan fingerprint density at radius 1 is 1.10 bits per heavy atom. The predicted molar refractivity (Wildman–Crippen MR) is 82.0 cm³/mol. The van der Waals surface area contributed by atoms with Crippen molar-refractivity contribution in [2.24, 2.45) is 0 Å². The fraction of sp³-hybridized carbons (Fsp3) is 0.333. The predicted octanol–water partition coefficient (Wildman–Crippen LogP) is 4.38. The lowest BCUT2D eigenvalue weighted by atomic mass is 9.89. The Balaban J connectivity index is 2.15. The molecule has 0 bridgehead atoms. The highest BCUT2D eigenvalue weighted by molar-refractivity contribution is 5.88. The molecule has 1 aliphatic carbocycles. The topological polar surface area (TPSA) is 29.5 Å². The Hall–Kier alpha value is -1.80. The van der Waals surface area contributed by atoms with Gasteiger partial charge in [-0.3, -0.25) is 0 Å². The first-order valence-corrected chi connectivity index (χ1v) is 7.24. The van der Waals surface area contributed by atoms with Crippen molar-refractivity contribution in [1.82, 2.24) is 0 Å². The first-order valence-electron chi connectivity index (χ1n) is 7.24. The average molecular weight is 268 g/mol. The summed E-state index contributed by atoms with van der Waals surface area (Å²) in [5.41, 5.74) is 2.03. The number of methoxy groups -OCH3 is 1. The number of allylic oxidation sites excluding steroid dienone is 1. The second-order valence-corrected chi connectivity index (χ2v) is 5.33. The minimum absolute atomic E-state index is 0.559. The van der Waals surface area contributed by atoms with Gasteiger partial charge in [-0.05, 0) is 48.1 Å². The third-order valence-corrected chi connectivity index (χ3v) is 4.10. The minimum Gasteiger partial charge on any atom is -0.496 e. The standard InChI is InChI=1S/C18H20O2/c1-20-16-12-11-13-7-5-6-10-15(13)17(16)18(19)14-8-3-2-4-9-14/h5-8,10-12,18-19H,2-4,9H2,1H3. The molecule has 1 unspecified atom stereocenters. The summed E-state index contributed by atoms with van der Waals surface area (Å²) in [7, 11) is 1.66. The van der Waals surface area contributed by atoms with Gasteiger partial charge in [0, 0.05) is 5.56 Å². The van der Waals surface area contributed by atoms with Crippen molar-refractivity contribution >= 4 is 10.8 Å². The molecule has 2 heteroatoms. The van der Waals surface area contributed by atoms with Crippen LogP contribution in [0.1, 0.15) is 37.4 Å². The Bertz CT molecular complexity index is 643. The Kier molecular flexibility index (Phi) is 3.75. The maximum absolute atomic E-state index is 10.8. The van der Waals surface area contributed by atoms with E-state index in [9.17, 15) is 5.11 Å². The van der Waals surface area contributed by atoms with E-state index in [1.165, 1.54) is 6.42 Å². The molecule has 0 spiro atoms. The molecule has 0 saturated carbocycles. The second kappa shape index (κ2) is 5.68. The molecule has 1 aliphatic rings. The number of aliphatic hydroxyl groups excluding tert-OH is 1. The molecule has 2 nitrogen and oxygen atoms in total. The van der Waals surface area contributed by atoms with Gasteiger partial charge in [-0.25, -0.2) is 0 Å². The van der Waals surface area contributed by atoms with Crippen LogP contribution < -0.4 is 4.74 Å². The van der Waals surface area contributed by atoms with E-state index < -0.39 is 6.10 Å². The van der Waals surface area contributed by atoms with Gasteiger partial charge in [-0.1, -0.05) is 36.4 Å². The second-order valence-electron chi connectivity index (χ2n) is 5.33. The van der Waals surface area contributed by atoms with Crippen molar-refractivity contribution in [3.63, 3.8) is 0 Å². The van der Waals surface area contributed by atoms with Crippen LogP contribution in [0.15, 0.2) is 48.0 Å². The summed E-state index contributed by atoms with van der Waals surface area (Å²) in [6.07, 6.45) is 6.07.